The molecular formula is C28H25ClN4O2S. The van der Waals surface area contributed by atoms with E-state index < -0.39 is 6.04 Å². The molecule has 0 bridgehead atoms. The molecule has 1 unspecified atom stereocenters. The number of carbonyl (C=O) groups excluding carboxylic acids is 1. The summed E-state index contributed by atoms with van der Waals surface area (Å²) in [5.41, 5.74) is 4.32. The molecule has 3 aromatic carbocycles. The molecular weight excluding hydrogens is 492 g/mol. The van der Waals surface area contributed by atoms with Crippen molar-refractivity contribution in [3.05, 3.63) is 112 Å². The summed E-state index contributed by atoms with van der Waals surface area (Å²) < 4.78 is 8.03. The molecule has 1 atom stereocenters. The van der Waals surface area contributed by atoms with Gasteiger partial charge >= 0.3 is 0 Å². The average Bonchev–Trinajstić information content (AvgIpc) is 3.29. The molecule has 1 aliphatic rings. The Bertz CT molecular complexity index is 1430. The first-order chi connectivity index (χ1) is 17.5. The lowest BCUT2D eigenvalue weighted by atomic mass is 9.92. The number of aromatic nitrogens is 3. The third-order valence-electron chi connectivity index (χ3n) is 5.98. The van der Waals surface area contributed by atoms with Gasteiger partial charge in [0, 0.05) is 27.6 Å². The number of benzene rings is 3. The lowest BCUT2D eigenvalue weighted by Crippen LogP contribution is -2.28. The third kappa shape index (κ3) is 5.03. The Morgan fingerprint density at radius 3 is 2.56 bits per heavy atom. The number of allylic oxidation sites excluding steroid dienone is 2. The van der Waals surface area contributed by atoms with Crippen molar-refractivity contribution in [3.8, 4) is 5.75 Å². The lowest BCUT2D eigenvalue weighted by Gasteiger charge is -2.29. The van der Waals surface area contributed by atoms with Gasteiger partial charge in [-0.25, -0.2) is 4.68 Å². The highest BCUT2D eigenvalue weighted by Crippen LogP contribution is 2.40. The molecule has 0 aliphatic carbocycles. The number of hydrogen-bond acceptors (Lipinski definition) is 6. The SMILES string of the molecule is CC(=O)C1=C(C)Nc2nc(SCc3ccccc3Cl)nn2C1c1ccccc1OCc1ccccc1. The van der Waals surface area contributed by atoms with Crippen molar-refractivity contribution in [2.24, 2.45) is 0 Å². The molecule has 0 fully saturated rings. The molecule has 0 saturated heterocycles. The number of carbonyl (C=O) groups is 1. The number of fused-ring (bicyclic) bond motifs is 1. The van der Waals surface area contributed by atoms with Gasteiger partial charge in [-0.3, -0.25) is 4.79 Å². The van der Waals surface area contributed by atoms with Crippen LogP contribution in [0.2, 0.25) is 5.02 Å². The minimum absolute atomic E-state index is 0.0331. The zero-order valence-corrected chi connectivity index (χ0v) is 21.5. The Hall–Kier alpha value is -3.55. The largest absolute Gasteiger partial charge is 0.489 e. The molecule has 0 saturated carbocycles. The van der Waals surface area contributed by atoms with Gasteiger partial charge in [0.15, 0.2) is 5.78 Å². The van der Waals surface area contributed by atoms with Gasteiger partial charge in [-0.15, -0.1) is 5.10 Å². The number of nitrogens with zero attached hydrogens (tertiary/aromatic N) is 3. The summed E-state index contributed by atoms with van der Waals surface area (Å²) in [4.78, 5) is 17.5. The highest BCUT2D eigenvalue weighted by Gasteiger charge is 2.34. The van der Waals surface area contributed by atoms with Gasteiger partial charge in [-0.1, -0.05) is 90.1 Å². The van der Waals surface area contributed by atoms with Crippen molar-refractivity contribution in [1.29, 1.82) is 0 Å². The summed E-state index contributed by atoms with van der Waals surface area (Å²) in [6.45, 7) is 3.89. The van der Waals surface area contributed by atoms with E-state index in [2.05, 4.69) is 5.32 Å². The Morgan fingerprint density at radius 1 is 1.06 bits per heavy atom. The first-order valence-corrected chi connectivity index (χ1v) is 12.9. The predicted molar refractivity (Wildman–Crippen MR) is 143 cm³/mol. The van der Waals surface area contributed by atoms with E-state index in [-0.39, 0.29) is 5.78 Å². The van der Waals surface area contributed by atoms with Crippen LogP contribution in [-0.2, 0) is 17.2 Å². The maximum Gasteiger partial charge on any atom is 0.227 e. The van der Waals surface area contributed by atoms with Gasteiger partial charge in [0.1, 0.15) is 18.4 Å². The highest BCUT2D eigenvalue weighted by atomic mass is 35.5. The number of Topliss-reactive ketones (excluding diaryl/α,β-unsaturated/α-hetero) is 1. The van der Waals surface area contributed by atoms with E-state index in [0.717, 1.165) is 22.4 Å². The van der Waals surface area contributed by atoms with Crippen LogP contribution in [0.3, 0.4) is 0 Å². The molecule has 0 spiro atoms. The molecule has 4 aromatic rings. The summed E-state index contributed by atoms with van der Waals surface area (Å²) in [5, 5.41) is 9.38. The van der Waals surface area contributed by atoms with Crippen LogP contribution in [-0.4, -0.2) is 20.5 Å². The van der Waals surface area contributed by atoms with E-state index in [0.29, 0.717) is 39.8 Å². The quantitative estimate of drug-likeness (QED) is 0.263. The Labute approximate surface area is 219 Å². The van der Waals surface area contributed by atoms with Crippen molar-refractivity contribution in [3.63, 3.8) is 0 Å². The minimum Gasteiger partial charge on any atom is -0.489 e. The summed E-state index contributed by atoms with van der Waals surface area (Å²) in [5.74, 6) is 1.89. The fourth-order valence-corrected chi connectivity index (χ4v) is 5.38. The number of para-hydroxylation sites is 1. The first-order valence-electron chi connectivity index (χ1n) is 11.6. The molecule has 2 heterocycles. The van der Waals surface area contributed by atoms with Crippen molar-refractivity contribution < 1.29 is 9.53 Å². The van der Waals surface area contributed by atoms with Crippen LogP contribution >= 0.6 is 23.4 Å². The Morgan fingerprint density at radius 2 is 1.78 bits per heavy atom. The molecule has 5 rings (SSSR count). The number of ketones is 1. The second-order valence-electron chi connectivity index (χ2n) is 8.48. The van der Waals surface area contributed by atoms with Gasteiger partial charge < -0.3 is 10.1 Å². The monoisotopic (exact) mass is 516 g/mol. The number of hydrogen-bond donors (Lipinski definition) is 1. The second-order valence-corrected chi connectivity index (χ2v) is 9.83. The summed E-state index contributed by atoms with van der Waals surface area (Å²) in [7, 11) is 0. The molecule has 1 N–H and O–H groups in total. The zero-order valence-electron chi connectivity index (χ0n) is 19.9. The maximum atomic E-state index is 12.8. The lowest BCUT2D eigenvalue weighted by molar-refractivity contribution is -0.114. The fourth-order valence-electron chi connectivity index (χ4n) is 4.27. The van der Waals surface area contributed by atoms with Gasteiger partial charge in [0.2, 0.25) is 11.1 Å². The summed E-state index contributed by atoms with van der Waals surface area (Å²) in [6.07, 6.45) is 0. The number of ether oxygens (including phenoxy) is 1. The van der Waals surface area contributed by atoms with E-state index in [4.69, 9.17) is 26.4 Å². The summed E-state index contributed by atoms with van der Waals surface area (Å²) in [6, 6.07) is 25.1. The van der Waals surface area contributed by atoms with Crippen LogP contribution in [0.25, 0.3) is 0 Å². The van der Waals surface area contributed by atoms with Crippen molar-refractivity contribution in [1.82, 2.24) is 14.8 Å². The average molecular weight is 517 g/mol. The zero-order chi connectivity index (χ0) is 25.1. The third-order valence-corrected chi connectivity index (χ3v) is 7.23. The van der Waals surface area contributed by atoms with Crippen LogP contribution in [0, 0.1) is 0 Å². The second kappa shape index (κ2) is 10.6. The Kier molecular flexibility index (Phi) is 7.11. The number of halogens is 1. The van der Waals surface area contributed by atoms with Crippen LogP contribution in [0.15, 0.2) is 95.3 Å². The molecule has 0 amide bonds. The smallest absolute Gasteiger partial charge is 0.227 e. The normalized spacial score (nSPS) is 14.8. The van der Waals surface area contributed by atoms with Crippen LogP contribution in [0.1, 0.15) is 36.6 Å². The van der Waals surface area contributed by atoms with Crippen LogP contribution in [0.5, 0.6) is 5.75 Å². The first kappa shape index (κ1) is 24.2. The van der Waals surface area contributed by atoms with E-state index >= 15 is 0 Å². The molecule has 36 heavy (non-hydrogen) atoms. The van der Waals surface area contributed by atoms with E-state index in [1.165, 1.54) is 11.8 Å². The standard InChI is InChI=1S/C28H25ClN4O2S/c1-18-25(19(2)34)26(22-13-7-9-15-24(22)35-16-20-10-4-3-5-11-20)33-27(30-18)31-28(32-33)36-17-21-12-6-8-14-23(21)29/h3-15,26H,16-17H2,1-2H3,(H,30,31,32). The topological polar surface area (TPSA) is 69.0 Å². The minimum atomic E-state index is -0.465. The van der Waals surface area contributed by atoms with Crippen molar-refractivity contribution >= 4 is 35.1 Å². The van der Waals surface area contributed by atoms with E-state index in [1.54, 1.807) is 11.6 Å². The van der Waals surface area contributed by atoms with Crippen molar-refractivity contribution in [2.45, 2.75) is 37.4 Å². The maximum absolute atomic E-state index is 12.8. The molecule has 1 aliphatic heterocycles. The van der Waals surface area contributed by atoms with Gasteiger partial charge in [0.05, 0.1) is 0 Å². The fraction of sp³-hybridized carbons (Fsp3) is 0.179. The van der Waals surface area contributed by atoms with E-state index in [9.17, 15) is 4.79 Å². The number of nitrogens with one attached hydrogen (secondary N) is 1. The predicted octanol–water partition coefficient (Wildman–Crippen LogP) is 6.68. The Balaban J connectivity index is 1.49. The molecule has 6 nitrogen and oxygen atoms in total. The van der Waals surface area contributed by atoms with Gasteiger partial charge in [-0.2, -0.15) is 4.98 Å². The number of anilines is 1. The van der Waals surface area contributed by atoms with Gasteiger partial charge in [-0.05, 0) is 37.1 Å². The summed E-state index contributed by atoms with van der Waals surface area (Å²) >= 11 is 7.83. The van der Waals surface area contributed by atoms with Crippen LogP contribution in [0.4, 0.5) is 5.95 Å². The van der Waals surface area contributed by atoms with E-state index in [1.807, 2.05) is 85.8 Å². The molecule has 1 aromatic heterocycles. The van der Waals surface area contributed by atoms with Crippen LogP contribution < -0.4 is 10.1 Å². The number of thioether (sulfide) groups is 1. The van der Waals surface area contributed by atoms with Gasteiger partial charge in [0.25, 0.3) is 0 Å². The molecule has 182 valence electrons. The highest BCUT2D eigenvalue weighted by molar-refractivity contribution is 7.98. The van der Waals surface area contributed by atoms with Crippen molar-refractivity contribution in [2.75, 3.05) is 5.32 Å². The number of rotatable bonds is 8. The molecule has 0 radical (unpaired) electrons. The molecule has 8 heteroatoms.